The zero-order chi connectivity index (χ0) is 13.9. The van der Waals surface area contributed by atoms with E-state index in [1.165, 1.54) is 16.0 Å². The number of aromatic nitrogens is 2. The molecule has 102 valence electrons. The minimum absolute atomic E-state index is 0.145. The molecule has 0 bridgehead atoms. The molecule has 0 fully saturated rings. The summed E-state index contributed by atoms with van der Waals surface area (Å²) in [5.41, 5.74) is 4.56. The molecule has 3 nitrogen and oxygen atoms in total. The first kappa shape index (κ1) is 14.5. The summed E-state index contributed by atoms with van der Waals surface area (Å²) in [6.45, 7) is 9.61. The van der Waals surface area contributed by atoms with Crippen molar-refractivity contribution in [3.63, 3.8) is 0 Å². The Kier molecular flexibility index (Phi) is 4.60. The molecule has 1 aromatic heterocycles. The summed E-state index contributed by atoms with van der Waals surface area (Å²) in [5.74, 6) is 0. The topological polar surface area (TPSA) is 37.8 Å². The molecule has 2 aromatic rings. The standard InChI is InChI=1S/C14H19N3S2/c1-10-7-12(19-13-17-16-9-18-13)6-5-11(10)8-15-14(2,3)4/h5-7,9,15H,8H2,1-4H3. The molecule has 1 N–H and O–H groups in total. The van der Waals surface area contributed by atoms with Crippen LogP contribution in [0, 0.1) is 6.92 Å². The number of benzene rings is 1. The van der Waals surface area contributed by atoms with Crippen molar-refractivity contribution in [1.82, 2.24) is 15.5 Å². The summed E-state index contributed by atoms with van der Waals surface area (Å²) in [4.78, 5) is 1.22. The van der Waals surface area contributed by atoms with Crippen molar-refractivity contribution >= 4 is 23.1 Å². The van der Waals surface area contributed by atoms with Gasteiger partial charge in [-0.1, -0.05) is 29.2 Å². The van der Waals surface area contributed by atoms with Gasteiger partial charge in [0.15, 0.2) is 4.34 Å². The van der Waals surface area contributed by atoms with Crippen LogP contribution in [0.1, 0.15) is 31.9 Å². The summed E-state index contributed by atoms with van der Waals surface area (Å²) >= 11 is 3.24. The van der Waals surface area contributed by atoms with Gasteiger partial charge in [0.25, 0.3) is 0 Å². The maximum absolute atomic E-state index is 4.05. The van der Waals surface area contributed by atoms with Gasteiger partial charge >= 0.3 is 0 Å². The molecule has 2 rings (SSSR count). The Balaban J connectivity index is 2.04. The second kappa shape index (κ2) is 6.03. The van der Waals surface area contributed by atoms with Crippen molar-refractivity contribution in [2.45, 2.75) is 49.0 Å². The highest BCUT2D eigenvalue weighted by Gasteiger charge is 2.10. The lowest BCUT2D eigenvalue weighted by Gasteiger charge is -2.21. The third-order valence-electron chi connectivity index (χ3n) is 2.67. The van der Waals surface area contributed by atoms with E-state index in [-0.39, 0.29) is 5.54 Å². The SMILES string of the molecule is Cc1cc(Sc2nncs2)ccc1CNC(C)(C)C. The molecule has 0 saturated carbocycles. The van der Waals surface area contributed by atoms with E-state index in [9.17, 15) is 0 Å². The molecular formula is C14H19N3S2. The molecule has 0 atom stereocenters. The fourth-order valence-corrected chi connectivity index (χ4v) is 3.15. The fraction of sp³-hybridized carbons (Fsp3) is 0.429. The summed E-state index contributed by atoms with van der Waals surface area (Å²) < 4.78 is 0.986. The van der Waals surface area contributed by atoms with Crippen LogP contribution < -0.4 is 5.32 Å². The maximum Gasteiger partial charge on any atom is 0.178 e. The van der Waals surface area contributed by atoms with E-state index < -0.39 is 0 Å². The van der Waals surface area contributed by atoms with Crippen LogP contribution in [0.3, 0.4) is 0 Å². The van der Waals surface area contributed by atoms with Gasteiger partial charge in [-0.15, -0.1) is 10.2 Å². The average Bonchev–Trinajstić information content (AvgIpc) is 2.79. The molecular weight excluding hydrogens is 274 g/mol. The third-order valence-corrected chi connectivity index (χ3v) is 4.44. The summed E-state index contributed by atoms with van der Waals surface area (Å²) in [5, 5.41) is 11.4. The van der Waals surface area contributed by atoms with Gasteiger partial charge in [-0.3, -0.25) is 0 Å². The number of nitrogens with zero attached hydrogens (tertiary/aromatic N) is 2. The van der Waals surface area contributed by atoms with Crippen LogP contribution in [0.15, 0.2) is 32.9 Å². The zero-order valence-electron chi connectivity index (χ0n) is 11.7. The fourth-order valence-electron chi connectivity index (χ4n) is 1.60. The molecule has 0 aliphatic heterocycles. The van der Waals surface area contributed by atoms with E-state index in [0.717, 1.165) is 10.9 Å². The summed E-state index contributed by atoms with van der Waals surface area (Å²) in [6.07, 6.45) is 0. The largest absolute Gasteiger partial charge is 0.308 e. The average molecular weight is 293 g/mol. The lowest BCUT2D eigenvalue weighted by molar-refractivity contribution is 0.424. The summed E-state index contributed by atoms with van der Waals surface area (Å²) in [7, 11) is 0. The Bertz CT molecular complexity index is 530. The quantitative estimate of drug-likeness (QED) is 0.928. The second-order valence-corrected chi connectivity index (χ2v) is 7.65. The van der Waals surface area contributed by atoms with Gasteiger partial charge < -0.3 is 5.32 Å². The monoisotopic (exact) mass is 293 g/mol. The molecule has 0 spiro atoms. The molecule has 1 heterocycles. The number of hydrogen-bond donors (Lipinski definition) is 1. The van der Waals surface area contributed by atoms with Crippen LogP contribution >= 0.6 is 23.1 Å². The van der Waals surface area contributed by atoms with Crippen molar-refractivity contribution in [2.24, 2.45) is 0 Å². The minimum atomic E-state index is 0.145. The Morgan fingerprint density at radius 1 is 1.32 bits per heavy atom. The lowest BCUT2D eigenvalue weighted by atomic mass is 10.1. The molecule has 0 radical (unpaired) electrons. The summed E-state index contributed by atoms with van der Waals surface area (Å²) in [6, 6.07) is 6.56. The molecule has 0 unspecified atom stereocenters. The number of rotatable bonds is 4. The number of aryl methyl sites for hydroxylation is 1. The van der Waals surface area contributed by atoms with Crippen LogP contribution in [0.4, 0.5) is 0 Å². The Hall–Kier alpha value is -0.910. The molecule has 0 saturated heterocycles. The van der Waals surface area contributed by atoms with Gasteiger partial charge in [0.05, 0.1) is 0 Å². The second-order valence-electron chi connectivity index (χ2n) is 5.50. The molecule has 0 aliphatic carbocycles. The van der Waals surface area contributed by atoms with Gasteiger partial charge in [-0.05, 0) is 51.0 Å². The van der Waals surface area contributed by atoms with Gasteiger partial charge in [-0.25, -0.2) is 0 Å². The first-order valence-electron chi connectivity index (χ1n) is 6.23. The van der Waals surface area contributed by atoms with Crippen molar-refractivity contribution in [3.05, 3.63) is 34.8 Å². The highest BCUT2D eigenvalue weighted by Crippen LogP contribution is 2.29. The Morgan fingerprint density at radius 2 is 2.11 bits per heavy atom. The highest BCUT2D eigenvalue weighted by atomic mass is 32.2. The third kappa shape index (κ3) is 4.60. The molecule has 0 aliphatic rings. The first-order valence-corrected chi connectivity index (χ1v) is 7.92. The van der Waals surface area contributed by atoms with E-state index in [4.69, 9.17) is 0 Å². The van der Waals surface area contributed by atoms with E-state index in [1.807, 2.05) is 0 Å². The van der Waals surface area contributed by atoms with E-state index >= 15 is 0 Å². The zero-order valence-corrected chi connectivity index (χ0v) is 13.4. The molecule has 5 heteroatoms. The van der Waals surface area contributed by atoms with Crippen molar-refractivity contribution in [3.8, 4) is 0 Å². The molecule has 1 aromatic carbocycles. The van der Waals surface area contributed by atoms with E-state index in [1.54, 1.807) is 28.6 Å². The predicted octanol–water partition coefficient (Wildman–Crippen LogP) is 3.89. The van der Waals surface area contributed by atoms with Crippen LogP contribution in [0.25, 0.3) is 0 Å². The van der Waals surface area contributed by atoms with E-state index in [2.05, 4.69) is 61.4 Å². The number of nitrogens with one attached hydrogen (secondary N) is 1. The molecule has 19 heavy (non-hydrogen) atoms. The van der Waals surface area contributed by atoms with Crippen molar-refractivity contribution < 1.29 is 0 Å². The highest BCUT2D eigenvalue weighted by molar-refractivity contribution is 8.01. The Morgan fingerprint density at radius 3 is 2.68 bits per heavy atom. The molecule has 0 amide bonds. The van der Waals surface area contributed by atoms with Crippen molar-refractivity contribution in [2.75, 3.05) is 0 Å². The van der Waals surface area contributed by atoms with Gasteiger partial charge in [0.2, 0.25) is 0 Å². The van der Waals surface area contributed by atoms with Crippen LogP contribution in [0.2, 0.25) is 0 Å². The van der Waals surface area contributed by atoms with Gasteiger partial charge in [0, 0.05) is 17.0 Å². The van der Waals surface area contributed by atoms with Crippen LogP contribution in [-0.4, -0.2) is 15.7 Å². The number of hydrogen-bond acceptors (Lipinski definition) is 5. The van der Waals surface area contributed by atoms with Crippen LogP contribution in [-0.2, 0) is 6.54 Å². The smallest absolute Gasteiger partial charge is 0.178 e. The van der Waals surface area contributed by atoms with Gasteiger partial charge in [-0.2, -0.15) is 0 Å². The normalized spacial score (nSPS) is 11.8. The lowest BCUT2D eigenvalue weighted by Crippen LogP contribution is -2.35. The van der Waals surface area contributed by atoms with Crippen molar-refractivity contribution in [1.29, 1.82) is 0 Å². The Labute approximate surface area is 122 Å². The van der Waals surface area contributed by atoms with E-state index in [0.29, 0.717) is 0 Å². The minimum Gasteiger partial charge on any atom is -0.308 e. The van der Waals surface area contributed by atoms with Crippen LogP contribution in [0.5, 0.6) is 0 Å². The first-order chi connectivity index (χ1) is 8.94. The predicted molar refractivity (Wildman–Crippen MR) is 81.8 cm³/mol. The maximum atomic E-state index is 4.05. The van der Waals surface area contributed by atoms with Gasteiger partial charge in [0.1, 0.15) is 5.51 Å².